The summed E-state index contributed by atoms with van der Waals surface area (Å²) in [6.07, 6.45) is 2.21. The van der Waals surface area contributed by atoms with Gasteiger partial charge in [0, 0.05) is 19.0 Å². The van der Waals surface area contributed by atoms with Crippen LogP contribution >= 0.6 is 0 Å². The number of nitrogens with zero attached hydrogens (tertiary/aromatic N) is 1. The molecule has 0 spiro atoms. The molecule has 0 aliphatic carbocycles. The predicted molar refractivity (Wildman–Crippen MR) is 71.3 cm³/mol. The van der Waals surface area contributed by atoms with Crippen molar-refractivity contribution in [1.82, 2.24) is 4.90 Å². The lowest BCUT2D eigenvalue weighted by atomic mass is 9.92. The van der Waals surface area contributed by atoms with Crippen LogP contribution in [0, 0.1) is 11.8 Å². The summed E-state index contributed by atoms with van der Waals surface area (Å²) in [6, 6.07) is 0. The van der Waals surface area contributed by atoms with Crippen LogP contribution in [0.25, 0.3) is 0 Å². The maximum absolute atomic E-state index is 12.3. The largest absolute Gasteiger partial charge is 0.341 e. The molecule has 106 valence electrons. The van der Waals surface area contributed by atoms with E-state index in [9.17, 15) is 13.2 Å². The molecule has 3 unspecified atom stereocenters. The van der Waals surface area contributed by atoms with Gasteiger partial charge in [-0.3, -0.25) is 4.79 Å². The van der Waals surface area contributed by atoms with Crippen molar-refractivity contribution in [2.75, 3.05) is 13.1 Å². The molecule has 1 saturated heterocycles. The van der Waals surface area contributed by atoms with Crippen molar-refractivity contribution in [1.29, 1.82) is 0 Å². The Morgan fingerprint density at radius 3 is 2.56 bits per heavy atom. The Bertz CT molecular complexity index is 394. The van der Waals surface area contributed by atoms with Crippen molar-refractivity contribution in [3.8, 4) is 0 Å². The summed E-state index contributed by atoms with van der Waals surface area (Å²) in [5.41, 5.74) is 0. The van der Waals surface area contributed by atoms with Gasteiger partial charge in [0.1, 0.15) is 0 Å². The Balaban J connectivity index is 2.70. The molecule has 6 heteroatoms. The van der Waals surface area contributed by atoms with E-state index in [1.54, 1.807) is 4.90 Å². The first-order valence-electron chi connectivity index (χ1n) is 6.57. The number of hydrogen-bond donors (Lipinski definition) is 1. The Kier molecular flexibility index (Phi) is 5.16. The Labute approximate surface area is 110 Å². The molecule has 1 fully saturated rings. The maximum atomic E-state index is 12.3. The van der Waals surface area contributed by atoms with Crippen molar-refractivity contribution in [2.45, 2.75) is 45.3 Å². The van der Waals surface area contributed by atoms with Gasteiger partial charge < -0.3 is 4.90 Å². The second-order valence-corrected chi connectivity index (χ2v) is 7.16. The van der Waals surface area contributed by atoms with Crippen LogP contribution in [-0.4, -0.2) is 37.6 Å². The van der Waals surface area contributed by atoms with Crippen LogP contribution in [0.15, 0.2) is 0 Å². The molecule has 0 aromatic heterocycles. The predicted octanol–water partition coefficient (Wildman–Crippen LogP) is 0.948. The standard InChI is InChI=1S/C12H24N2O3S/c1-4-9(2)10(3)12(15)14-7-5-6-11(8-14)18(13,16)17/h9-11H,4-8H2,1-3H3,(H2,13,16,17). The summed E-state index contributed by atoms with van der Waals surface area (Å²) in [4.78, 5) is 13.9. The van der Waals surface area contributed by atoms with E-state index in [-0.39, 0.29) is 18.4 Å². The summed E-state index contributed by atoms with van der Waals surface area (Å²) < 4.78 is 22.7. The zero-order valence-corrected chi connectivity index (χ0v) is 12.2. The summed E-state index contributed by atoms with van der Waals surface area (Å²) in [7, 11) is -3.54. The summed E-state index contributed by atoms with van der Waals surface area (Å²) in [5, 5.41) is 4.57. The lowest BCUT2D eigenvalue weighted by Gasteiger charge is -2.34. The molecule has 1 amide bonds. The maximum Gasteiger partial charge on any atom is 0.225 e. The Morgan fingerprint density at radius 2 is 2.06 bits per heavy atom. The van der Waals surface area contributed by atoms with Crippen LogP contribution in [0.3, 0.4) is 0 Å². The lowest BCUT2D eigenvalue weighted by molar-refractivity contribution is -0.137. The number of sulfonamides is 1. The molecule has 0 saturated carbocycles. The van der Waals surface area contributed by atoms with Crippen LogP contribution in [0.1, 0.15) is 40.0 Å². The highest BCUT2D eigenvalue weighted by atomic mass is 32.2. The zero-order chi connectivity index (χ0) is 13.9. The van der Waals surface area contributed by atoms with Gasteiger partial charge in [-0.1, -0.05) is 27.2 Å². The molecule has 2 N–H and O–H groups in total. The third-order valence-electron chi connectivity index (χ3n) is 4.04. The smallest absolute Gasteiger partial charge is 0.225 e. The molecule has 1 aliphatic heterocycles. The van der Waals surface area contributed by atoms with Gasteiger partial charge in [-0.25, -0.2) is 13.6 Å². The van der Waals surface area contributed by atoms with Gasteiger partial charge in [0.2, 0.25) is 15.9 Å². The average Bonchev–Trinajstić information content (AvgIpc) is 2.35. The minimum Gasteiger partial charge on any atom is -0.341 e. The second kappa shape index (κ2) is 6.02. The third-order valence-corrected chi connectivity index (χ3v) is 5.36. The number of carbonyl (C=O) groups is 1. The monoisotopic (exact) mass is 276 g/mol. The summed E-state index contributed by atoms with van der Waals surface area (Å²) >= 11 is 0. The van der Waals surface area contributed by atoms with Crippen molar-refractivity contribution < 1.29 is 13.2 Å². The molecule has 0 bridgehead atoms. The first-order valence-corrected chi connectivity index (χ1v) is 8.18. The fourth-order valence-electron chi connectivity index (χ4n) is 2.29. The number of carbonyl (C=O) groups excluding carboxylic acids is 1. The lowest BCUT2D eigenvalue weighted by Crippen LogP contribution is -2.49. The van der Waals surface area contributed by atoms with E-state index in [1.807, 2.05) is 13.8 Å². The molecular weight excluding hydrogens is 252 g/mol. The van der Waals surface area contributed by atoms with Gasteiger partial charge in [-0.05, 0) is 18.8 Å². The number of nitrogens with two attached hydrogens (primary N) is 1. The van der Waals surface area contributed by atoms with Gasteiger partial charge in [-0.15, -0.1) is 0 Å². The molecule has 0 aromatic carbocycles. The molecule has 5 nitrogen and oxygen atoms in total. The fraction of sp³-hybridized carbons (Fsp3) is 0.917. The normalized spacial score (nSPS) is 24.7. The summed E-state index contributed by atoms with van der Waals surface area (Å²) in [5.74, 6) is 0.305. The molecule has 1 heterocycles. The molecule has 0 aromatic rings. The third kappa shape index (κ3) is 3.68. The minimum atomic E-state index is -3.54. The van der Waals surface area contributed by atoms with E-state index in [1.165, 1.54) is 0 Å². The quantitative estimate of drug-likeness (QED) is 0.830. The highest BCUT2D eigenvalue weighted by Crippen LogP contribution is 2.21. The highest BCUT2D eigenvalue weighted by Gasteiger charge is 2.33. The number of likely N-dealkylation sites (tertiary alicyclic amines) is 1. The van der Waals surface area contributed by atoms with Gasteiger partial charge in [0.05, 0.1) is 5.25 Å². The van der Waals surface area contributed by atoms with Crippen LogP contribution in [0.5, 0.6) is 0 Å². The van der Waals surface area contributed by atoms with Gasteiger partial charge in [-0.2, -0.15) is 0 Å². The van der Waals surface area contributed by atoms with Gasteiger partial charge in [0.15, 0.2) is 0 Å². The number of primary sulfonamides is 1. The van der Waals surface area contributed by atoms with E-state index in [0.717, 1.165) is 6.42 Å². The molecule has 3 atom stereocenters. The molecule has 0 radical (unpaired) electrons. The SMILES string of the molecule is CCC(C)C(C)C(=O)N1CCCC(S(N)(=O)=O)C1. The van der Waals surface area contributed by atoms with Crippen LogP contribution in [0.4, 0.5) is 0 Å². The topological polar surface area (TPSA) is 80.5 Å². The highest BCUT2D eigenvalue weighted by molar-refractivity contribution is 7.89. The number of amides is 1. The molecule has 1 aliphatic rings. The van der Waals surface area contributed by atoms with Crippen LogP contribution in [0.2, 0.25) is 0 Å². The van der Waals surface area contributed by atoms with Crippen molar-refractivity contribution >= 4 is 15.9 Å². The van der Waals surface area contributed by atoms with Gasteiger partial charge >= 0.3 is 0 Å². The Hall–Kier alpha value is -0.620. The second-order valence-electron chi connectivity index (χ2n) is 5.31. The molecular formula is C12H24N2O3S. The van der Waals surface area contributed by atoms with Crippen molar-refractivity contribution in [2.24, 2.45) is 17.0 Å². The first-order chi connectivity index (χ1) is 8.27. The molecule has 1 rings (SSSR count). The van der Waals surface area contributed by atoms with Crippen LogP contribution < -0.4 is 5.14 Å². The van der Waals surface area contributed by atoms with E-state index in [4.69, 9.17) is 5.14 Å². The number of piperidine rings is 1. The van der Waals surface area contributed by atoms with Crippen molar-refractivity contribution in [3.05, 3.63) is 0 Å². The van der Waals surface area contributed by atoms with Crippen molar-refractivity contribution in [3.63, 3.8) is 0 Å². The minimum absolute atomic E-state index is 0.0534. The van der Waals surface area contributed by atoms with Gasteiger partial charge in [0.25, 0.3) is 0 Å². The van der Waals surface area contributed by atoms with E-state index < -0.39 is 15.3 Å². The van der Waals surface area contributed by atoms with E-state index in [0.29, 0.717) is 25.3 Å². The van der Waals surface area contributed by atoms with E-state index >= 15 is 0 Å². The fourth-order valence-corrected chi connectivity index (χ4v) is 3.17. The number of rotatable bonds is 4. The van der Waals surface area contributed by atoms with E-state index in [2.05, 4.69) is 6.92 Å². The zero-order valence-electron chi connectivity index (χ0n) is 11.4. The Morgan fingerprint density at radius 1 is 1.44 bits per heavy atom. The number of hydrogen-bond acceptors (Lipinski definition) is 3. The summed E-state index contributed by atoms with van der Waals surface area (Å²) in [6.45, 7) is 6.91. The first kappa shape index (κ1) is 15.4. The van der Waals surface area contributed by atoms with Crippen LogP contribution in [-0.2, 0) is 14.8 Å². The molecule has 18 heavy (non-hydrogen) atoms. The average molecular weight is 276 g/mol.